The number of nitro benzene ring substituents is 1. The SMILES string of the molecule is C[S+](=O)(C#Cc1ccccc1)Cc1ccc([N+](=O)[O-])cc1.Fc1c(F)c(F)c([B-](c2c(F)c(F)c(F)c(F)c2F)(c2c(F)c(F)c(F)c(F)c2F)c2c(F)c(F)c(F)c(F)c2F)c(F)c1F. The van der Waals surface area contributed by atoms with Gasteiger partial charge in [0.25, 0.3) is 5.69 Å². The molecule has 6 aromatic rings. The summed E-state index contributed by atoms with van der Waals surface area (Å²) in [6.45, 7) is 0. The van der Waals surface area contributed by atoms with Gasteiger partial charge in [-0.15, -0.1) is 21.9 Å². The number of nitrogens with zero attached hydrogens (tertiary/aromatic N) is 1. The van der Waals surface area contributed by atoms with Crippen LogP contribution >= 0.6 is 0 Å². The highest BCUT2D eigenvalue weighted by atomic mass is 32.2. The lowest BCUT2D eigenvalue weighted by Gasteiger charge is -2.44. The summed E-state index contributed by atoms with van der Waals surface area (Å²) in [4.78, 5) is 10.1. The summed E-state index contributed by atoms with van der Waals surface area (Å²) in [5.41, 5.74) is -12.7. The van der Waals surface area contributed by atoms with Crippen LogP contribution in [0.1, 0.15) is 11.1 Å². The molecular weight excluding hydrogens is 965 g/mol. The van der Waals surface area contributed by atoms with Gasteiger partial charge in [0.15, 0.2) is 85.0 Å². The third-order valence-corrected chi connectivity index (χ3v) is 10.9. The highest BCUT2D eigenvalue weighted by molar-refractivity contribution is 8.05. The normalized spacial score (nSPS) is 12.3. The Bertz CT molecular complexity index is 2710. The minimum absolute atomic E-state index is 0.0247. The lowest BCUT2D eigenvalue weighted by atomic mass is 9.12. The fourth-order valence-electron chi connectivity index (χ4n) is 6.63. The highest BCUT2D eigenvalue weighted by Crippen LogP contribution is 2.31. The molecule has 0 aliphatic rings. The highest BCUT2D eigenvalue weighted by Gasteiger charge is 2.52. The van der Waals surface area contributed by atoms with Crippen LogP contribution in [0.25, 0.3) is 0 Å². The molecule has 66 heavy (non-hydrogen) atoms. The van der Waals surface area contributed by atoms with Gasteiger partial charge in [-0.2, -0.15) is 0 Å². The summed E-state index contributed by atoms with van der Waals surface area (Å²) in [6, 6.07) is 15.4. The first-order valence-electron chi connectivity index (χ1n) is 17.2. The molecule has 0 aliphatic heterocycles. The van der Waals surface area contributed by atoms with Gasteiger partial charge in [0.05, 0.1) is 4.92 Å². The fourth-order valence-corrected chi connectivity index (χ4v) is 7.87. The molecule has 0 spiro atoms. The van der Waals surface area contributed by atoms with Gasteiger partial charge in [0.1, 0.15) is 64.7 Å². The maximum atomic E-state index is 15.4. The average Bonchev–Trinajstić information content (AvgIpc) is 3.28. The zero-order valence-corrected chi connectivity index (χ0v) is 32.4. The third kappa shape index (κ3) is 8.42. The molecule has 0 saturated carbocycles. The molecule has 346 valence electrons. The van der Waals surface area contributed by atoms with Crippen LogP contribution in [-0.2, 0) is 19.9 Å². The van der Waals surface area contributed by atoms with E-state index in [0.717, 1.165) is 11.1 Å². The summed E-state index contributed by atoms with van der Waals surface area (Å²) in [6.07, 6.45) is -5.62. The van der Waals surface area contributed by atoms with Crippen LogP contribution in [0.15, 0.2) is 54.6 Å². The van der Waals surface area contributed by atoms with Gasteiger partial charge in [-0.1, -0.05) is 22.4 Å². The number of rotatable bonds is 7. The summed E-state index contributed by atoms with van der Waals surface area (Å²) in [5, 5.41) is 13.4. The number of hydrogen-bond acceptors (Lipinski definition) is 3. The van der Waals surface area contributed by atoms with Crippen LogP contribution < -0.4 is 21.9 Å². The monoisotopic (exact) mass is 979 g/mol. The van der Waals surface area contributed by atoms with E-state index in [9.17, 15) is 67.0 Å². The number of non-ortho nitro benzene ring substituents is 1. The van der Waals surface area contributed by atoms with E-state index in [1.54, 1.807) is 18.4 Å². The Kier molecular flexibility index (Phi) is 14.1. The van der Waals surface area contributed by atoms with Crippen molar-refractivity contribution in [2.75, 3.05) is 6.26 Å². The van der Waals surface area contributed by atoms with Crippen molar-refractivity contribution in [2.45, 2.75) is 5.75 Å². The van der Waals surface area contributed by atoms with Crippen LogP contribution in [0, 0.1) is 138 Å². The second-order valence-electron chi connectivity index (χ2n) is 13.5. The first kappa shape index (κ1) is 50.1. The first-order valence-corrected chi connectivity index (χ1v) is 19.3. The van der Waals surface area contributed by atoms with E-state index >= 15 is 35.1 Å². The van der Waals surface area contributed by atoms with Gasteiger partial charge >= 0.3 is 0 Å². The van der Waals surface area contributed by atoms with Gasteiger partial charge in [-0.25, -0.2) is 87.8 Å². The van der Waals surface area contributed by atoms with Crippen LogP contribution in [0.2, 0.25) is 0 Å². The van der Waals surface area contributed by atoms with Crippen molar-refractivity contribution in [3.63, 3.8) is 0 Å². The Balaban J connectivity index is 0.000000324. The molecule has 0 aliphatic carbocycles. The number of nitro groups is 1. The van der Waals surface area contributed by atoms with E-state index in [2.05, 4.69) is 11.2 Å². The van der Waals surface area contributed by atoms with E-state index in [-0.39, 0.29) is 11.4 Å². The molecule has 26 heteroatoms. The summed E-state index contributed by atoms with van der Waals surface area (Å²) < 4.78 is 306. The molecule has 0 bridgehead atoms. The molecule has 4 nitrogen and oxygen atoms in total. The largest absolute Gasteiger partial charge is 0.269 e. The summed E-state index contributed by atoms with van der Waals surface area (Å²) in [7, 11) is -2.35. The fraction of sp³-hybridized carbons (Fsp3) is 0.0500. The number of hydrogen-bond donors (Lipinski definition) is 0. The first-order chi connectivity index (χ1) is 30.7. The van der Waals surface area contributed by atoms with Crippen LogP contribution in [0.3, 0.4) is 0 Å². The van der Waals surface area contributed by atoms with E-state index in [1.165, 1.54) is 12.1 Å². The lowest BCUT2D eigenvalue weighted by Crippen LogP contribution is -2.81. The van der Waals surface area contributed by atoms with E-state index in [0.29, 0.717) is 0 Å². The zero-order chi connectivity index (χ0) is 49.7. The lowest BCUT2D eigenvalue weighted by molar-refractivity contribution is -0.384. The zero-order valence-electron chi connectivity index (χ0n) is 31.6. The molecule has 6 aromatic carbocycles. The summed E-state index contributed by atoms with van der Waals surface area (Å²) in [5.74, 6) is -68.2. The molecule has 0 aromatic heterocycles. The Morgan fingerprint density at radius 3 is 0.955 bits per heavy atom. The molecule has 0 heterocycles. The van der Waals surface area contributed by atoms with Crippen molar-refractivity contribution < 1.29 is 96.9 Å². The van der Waals surface area contributed by atoms with E-state index in [4.69, 9.17) is 0 Å². The van der Waals surface area contributed by atoms with Crippen molar-refractivity contribution >= 4 is 43.6 Å². The molecule has 0 radical (unpaired) electrons. The van der Waals surface area contributed by atoms with Crippen LogP contribution in [-0.4, -0.2) is 17.3 Å². The smallest absolute Gasteiger partial charge is 0.258 e. The number of benzene rings is 6. The second-order valence-corrected chi connectivity index (χ2v) is 16.0. The van der Waals surface area contributed by atoms with Crippen molar-refractivity contribution in [1.82, 2.24) is 0 Å². The van der Waals surface area contributed by atoms with E-state index < -0.39 is 159 Å². The Hall–Kier alpha value is -6.91. The van der Waals surface area contributed by atoms with Gasteiger partial charge in [-0.05, 0) is 30.2 Å². The van der Waals surface area contributed by atoms with Gasteiger partial charge < -0.3 is 0 Å². The third-order valence-electron chi connectivity index (χ3n) is 9.48. The van der Waals surface area contributed by atoms with E-state index in [1.807, 2.05) is 30.3 Å². The minimum Gasteiger partial charge on any atom is -0.258 e. The maximum Gasteiger partial charge on any atom is 0.269 e. The molecule has 6 rings (SSSR count). The van der Waals surface area contributed by atoms with Gasteiger partial charge in [-0.3, -0.25) is 10.1 Å². The minimum atomic E-state index is -7.22. The van der Waals surface area contributed by atoms with Crippen molar-refractivity contribution in [1.29, 1.82) is 0 Å². The predicted octanol–water partition coefficient (Wildman–Crippen LogP) is 9.08. The number of halogens is 20. The standard InChI is InChI=1S/C24BF20.C16H14NO3S/c26-5-1(6(27)14(35)21(42)13(5)34)25(2-7(28)15(36)22(43)16(37)8(2)29,3-9(30)17(38)23(44)18(39)10(3)31)4-11(32)19(40)24(45)20(41)12(4)33;1-21(20,12-11-14-5-3-2-4-6-14)13-15-7-9-16(10-8-15)17(18)19/h;2-10H,13H2,1H3/q-1;+1. The molecule has 0 amide bonds. The Morgan fingerprint density at radius 1 is 0.439 bits per heavy atom. The Morgan fingerprint density at radius 2 is 0.697 bits per heavy atom. The van der Waals surface area contributed by atoms with Crippen molar-refractivity contribution in [3.05, 3.63) is 192 Å². The molecule has 0 fully saturated rings. The van der Waals surface area contributed by atoms with Gasteiger partial charge in [0.2, 0.25) is 0 Å². The topological polar surface area (TPSA) is 60.2 Å². The maximum absolute atomic E-state index is 15.4. The molecule has 0 saturated heterocycles. The predicted molar refractivity (Wildman–Crippen MR) is 193 cm³/mol. The molecule has 1 unspecified atom stereocenters. The summed E-state index contributed by atoms with van der Waals surface area (Å²) >= 11 is 0. The van der Waals surface area contributed by atoms with Crippen molar-refractivity contribution in [2.24, 2.45) is 0 Å². The molecule has 0 N–H and O–H groups in total. The van der Waals surface area contributed by atoms with Gasteiger partial charge in [0, 0.05) is 23.3 Å². The van der Waals surface area contributed by atoms with Crippen LogP contribution in [0.5, 0.6) is 0 Å². The average molecular weight is 979 g/mol. The van der Waals surface area contributed by atoms with Crippen molar-refractivity contribution in [3.8, 4) is 11.2 Å². The second kappa shape index (κ2) is 18.5. The molecule has 1 atom stereocenters. The molecular formula is C40H14BF20NO3S. The van der Waals surface area contributed by atoms with Crippen LogP contribution in [0.4, 0.5) is 93.5 Å². The Labute approximate surface area is 355 Å². The quantitative estimate of drug-likeness (QED) is 0.0235.